The Bertz CT molecular complexity index is 902. The van der Waals surface area contributed by atoms with Gasteiger partial charge in [0, 0.05) is 17.0 Å². The maximum absolute atomic E-state index is 12.5. The summed E-state index contributed by atoms with van der Waals surface area (Å²) < 4.78 is 7.69. The van der Waals surface area contributed by atoms with Crippen LogP contribution in [0.1, 0.15) is 65.5 Å². The second-order valence-electron chi connectivity index (χ2n) is 8.09. The number of ether oxygens (including phenoxy) is 1. The predicted octanol–water partition coefficient (Wildman–Crippen LogP) is 5.47. The summed E-state index contributed by atoms with van der Waals surface area (Å²) in [5.74, 6) is 3.15. The number of anilines is 1. The minimum absolute atomic E-state index is 0.0311. The molecule has 0 bridgehead atoms. The number of thioether (sulfide) groups is 1. The molecule has 162 valence electrons. The molecule has 1 aliphatic heterocycles. The van der Waals surface area contributed by atoms with E-state index in [-0.39, 0.29) is 11.8 Å². The molecule has 1 aromatic heterocycles. The van der Waals surface area contributed by atoms with E-state index in [4.69, 9.17) is 9.84 Å². The first kappa shape index (κ1) is 22.4. The van der Waals surface area contributed by atoms with E-state index in [1.165, 1.54) is 0 Å². The number of aromatic nitrogens is 3. The number of rotatable bonds is 10. The molecule has 1 N–H and O–H groups in total. The summed E-state index contributed by atoms with van der Waals surface area (Å²) in [7, 11) is 0. The van der Waals surface area contributed by atoms with Crippen LogP contribution in [0.15, 0.2) is 40.7 Å². The largest absolute Gasteiger partial charge is 0.494 e. The fraction of sp³-hybridized carbons (Fsp3) is 0.522. The number of nitrogens with one attached hydrogen (secondary N) is 1. The smallest absolute Gasteiger partial charge is 0.227 e. The lowest BCUT2D eigenvalue weighted by Crippen LogP contribution is -2.27. The van der Waals surface area contributed by atoms with E-state index in [1.807, 2.05) is 35.9 Å². The Morgan fingerprint density at radius 3 is 2.67 bits per heavy atom. The van der Waals surface area contributed by atoms with Gasteiger partial charge < -0.3 is 10.1 Å². The van der Waals surface area contributed by atoms with Gasteiger partial charge in [-0.3, -0.25) is 4.79 Å². The van der Waals surface area contributed by atoms with Crippen LogP contribution in [0.2, 0.25) is 0 Å². The van der Waals surface area contributed by atoms with E-state index in [0.29, 0.717) is 24.0 Å². The zero-order valence-electron chi connectivity index (χ0n) is 18.6. The van der Waals surface area contributed by atoms with Crippen LogP contribution in [-0.4, -0.2) is 32.9 Å². The molecule has 0 saturated heterocycles. The van der Waals surface area contributed by atoms with Gasteiger partial charge in [0.25, 0.3) is 0 Å². The lowest BCUT2D eigenvalue weighted by molar-refractivity contribution is -0.114. The molecule has 1 unspecified atom stereocenters. The lowest BCUT2D eigenvalue weighted by atomic mass is 9.93. The van der Waals surface area contributed by atoms with Gasteiger partial charge in [-0.05, 0) is 50.3 Å². The molecule has 30 heavy (non-hydrogen) atoms. The van der Waals surface area contributed by atoms with Crippen molar-refractivity contribution in [2.45, 2.75) is 65.1 Å². The summed E-state index contributed by atoms with van der Waals surface area (Å²) in [6, 6.07) is 7.69. The molecular weight excluding hydrogens is 396 g/mol. The molecule has 7 heteroatoms. The fourth-order valence-corrected chi connectivity index (χ4v) is 4.34. The van der Waals surface area contributed by atoms with E-state index >= 15 is 0 Å². The fourth-order valence-electron chi connectivity index (χ4n) is 3.42. The van der Waals surface area contributed by atoms with Gasteiger partial charge in [0.1, 0.15) is 11.8 Å². The molecule has 6 nitrogen and oxygen atoms in total. The van der Waals surface area contributed by atoms with Crippen LogP contribution in [-0.2, 0) is 4.79 Å². The van der Waals surface area contributed by atoms with Gasteiger partial charge in [0.2, 0.25) is 11.1 Å². The van der Waals surface area contributed by atoms with Gasteiger partial charge in [-0.2, -0.15) is 4.98 Å². The second kappa shape index (κ2) is 10.2. The van der Waals surface area contributed by atoms with Crippen LogP contribution in [0.4, 0.5) is 5.95 Å². The minimum Gasteiger partial charge on any atom is -0.494 e. The molecule has 0 fully saturated rings. The molecule has 1 aliphatic rings. The summed E-state index contributed by atoms with van der Waals surface area (Å²) in [5, 5.41) is 8.73. The van der Waals surface area contributed by atoms with E-state index in [0.717, 1.165) is 47.2 Å². The normalized spacial score (nSPS) is 15.9. The van der Waals surface area contributed by atoms with Crippen molar-refractivity contribution in [2.24, 2.45) is 5.92 Å². The topological polar surface area (TPSA) is 69.0 Å². The molecule has 0 aliphatic carbocycles. The number of allylic oxidation sites excluding steroid dienone is 2. The number of Topliss-reactive ketones (excluding diaryl/α,β-unsaturated/α-hetero) is 1. The number of benzene rings is 1. The van der Waals surface area contributed by atoms with Crippen molar-refractivity contribution < 1.29 is 9.53 Å². The van der Waals surface area contributed by atoms with Crippen LogP contribution >= 0.6 is 11.8 Å². The maximum atomic E-state index is 12.5. The van der Waals surface area contributed by atoms with Crippen molar-refractivity contribution in [3.05, 3.63) is 41.1 Å². The first-order valence-corrected chi connectivity index (χ1v) is 11.7. The highest BCUT2D eigenvalue weighted by molar-refractivity contribution is 7.99. The van der Waals surface area contributed by atoms with Gasteiger partial charge in [0.05, 0.1) is 6.61 Å². The Balaban J connectivity index is 1.88. The van der Waals surface area contributed by atoms with Crippen LogP contribution in [0.3, 0.4) is 0 Å². The van der Waals surface area contributed by atoms with Crippen LogP contribution in [0.5, 0.6) is 5.75 Å². The molecular formula is C23H32N4O2S. The minimum atomic E-state index is -0.295. The number of hydrogen-bond donors (Lipinski definition) is 1. The van der Waals surface area contributed by atoms with Crippen molar-refractivity contribution in [2.75, 3.05) is 17.7 Å². The van der Waals surface area contributed by atoms with Crippen molar-refractivity contribution in [1.82, 2.24) is 14.8 Å². The van der Waals surface area contributed by atoms with Crippen molar-refractivity contribution in [1.29, 1.82) is 0 Å². The number of nitrogens with zero attached hydrogens (tertiary/aromatic N) is 3. The molecule has 1 atom stereocenters. The van der Waals surface area contributed by atoms with Crippen LogP contribution in [0.25, 0.3) is 0 Å². The average molecular weight is 429 g/mol. The summed E-state index contributed by atoms with van der Waals surface area (Å²) in [6.07, 6.45) is 3.29. The Labute approximate surface area is 183 Å². The lowest BCUT2D eigenvalue weighted by Gasteiger charge is -2.28. The maximum Gasteiger partial charge on any atom is 0.227 e. The predicted molar refractivity (Wildman–Crippen MR) is 122 cm³/mol. The Morgan fingerprint density at radius 2 is 2.03 bits per heavy atom. The Kier molecular flexibility index (Phi) is 7.58. The zero-order chi connectivity index (χ0) is 21.7. The van der Waals surface area contributed by atoms with Gasteiger partial charge in [-0.25, -0.2) is 4.68 Å². The molecule has 3 rings (SSSR count). The monoisotopic (exact) mass is 428 g/mol. The SMILES string of the molecule is CCCCSc1nc2n(n1)C(c1ccc(OCCC(C)C)cc1)C(C(C)=O)=C(C)N2. The molecule has 0 saturated carbocycles. The van der Waals surface area contributed by atoms with Crippen molar-refractivity contribution in [3.8, 4) is 5.75 Å². The van der Waals surface area contributed by atoms with Crippen molar-refractivity contribution in [3.63, 3.8) is 0 Å². The average Bonchev–Trinajstić information content (AvgIpc) is 3.09. The van der Waals surface area contributed by atoms with Gasteiger partial charge in [-0.1, -0.05) is 51.1 Å². The second-order valence-corrected chi connectivity index (χ2v) is 9.15. The number of fused-ring (bicyclic) bond motifs is 1. The van der Waals surface area contributed by atoms with E-state index in [1.54, 1.807) is 18.7 Å². The highest BCUT2D eigenvalue weighted by Crippen LogP contribution is 2.37. The summed E-state index contributed by atoms with van der Waals surface area (Å²) in [4.78, 5) is 17.2. The van der Waals surface area contributed by atoms with Crippen LogP contribution in [0, 0.1) is 5.92 Å². The standard InChI is InChI=1S/C23H32N4O2S/c1-6-7-14-30-23-25-22-24-16(4)20(17(5)28)21(27(22)26-23)18-8-10-19(11-9-18)29-13-12-15(2)3/h8-11,15,21H,6-7,12-14H2,1-5H3,(H,24,25,26). The summed E-state index contributed by atoms with van der Waals surface area (Å²) in [6.45, 7) is 10.8. The molecule has 1 aromatic carbocycles. The summed E-state index contributed by atoms with van der Waals surface area (Å²) >= 11 is 1.65. The highest BCUT2D eigenvalue weighted by atomic mass is 32.2. The van der Waals surface area contributed by atoms with Crippen molar-refractivity contribution >= 4 is 23.5 Å². The van der Waals surface area contributed by atoms with Gasteiger partial charge in [0.15, 0.2) is 5.78 Å². The van der Waals surface area contributed by atoms with E-state index < -0.39 is 0 Å². The Hall–Kier alpha value is -2.28. The highest BCUT2D eigenvalue weighted by Gasteiger charge is 2.32. The third kappa shape index (κ3) is 5.25. The molecule has 2 heterocycles. The van der Waals surface area contributed by atoms with Gasteiger partial charge >= 0.3 is 0 Å². The first-order chi connectivity index (χ1) is 14.4. The third-order valence-corrected chi connectivity index (χ3v) is 6.03. The van der Waals surface area contributed by atoms with E-state index in [2.05, 4.69) is 31.1 Å². The summed E-state index contributed by atoms with van der Waals surface area (Å²) in [5.41, 5.74) is 2.54. The quantitative estimate of drug-likeness (QED) is 0.399. The van der Waals surface area contributed by atoms with E-state index in [9.17, 15) is 4.79 Å². The van der Waals surface area contributed by atoms with Gasteiger partial charge in [-0.15, -0.1) is 5.10 Å². The molecule has 2 aromatic rings. The zero-order valence-corrected chi connectivity index (χ0v) is 19.4. The molecule has 0 amide bonds. The number of carbonyl (C=O) groups is 1. The third-order valence-electron chi connectivity index (χ3n) is 5.10. The number of hydrogen-bond acceptors (Lipinski definition) is 6. The number of unbranched alkanes of at least 4 members (excludes halogenated alkanes) is 1. The molecule has 0 radical (unpaired) electrons. The number of ketones is 1. The molecule has 0 spiro atoms. The Morgan fingerprint density at radius 1 is 1.30 bits per heavy atom. The first-order valence-electron chi connectivity index (χ1n) is 10.7. The van der Waals surface area contributed by atoms with Crippen LogP contribution < -0.4 is 10.1 Å². The number of carbonyl (C=O) groups excluding carboxylic acids is 1.